The van der Waals surface area contributed by atoms with Crippen LogP contribution in [-0.4, -0.2) is 18.7 Å². The second-order valence-corrected chi connectivity index (χ2v) is 6.17. The standard InChI is InChI=1S/C17H25NO/c1-3-13-8-9-16(12(13)2)18-11-15-10-14-6-4-5-7-17(14)19-15/h4-7,12-13,15-16,18H,3,8-11H2,1-2H3. The Labute approximate surface area is 116 Å². The van der Waals surface area contributed by atoms with Gasteiger partial charge in [0.1, 0.15) is 11.9 Å². The van der Waals surface area contributed by atoms with Gasteiger partial charge in [0.2, 0.25) is 0 Å². The number of rotatable bonds is 4. The van der Waals surface area contributed by atoms with Crippen LogP contribution in [0.15, 0.2) is 24.3 Å². The average molecular weight is 259 g/mol. The van der Waals surface area contributed by atoms with Crippen LogP contribution in [0.5, 0.6) is 5.75 Å². The third kappa shape index (κ3) is 2.64. The average Bonchev–Trinajstić information content (AvgIpc) is 2.99. The lowest BCUT2D eigenvalue weighted by Crippen LogP contribution is -2.39. The highest BCUT2D eigenvalue weighted by atomic mass is 16.5. The van der Waals surface area contributed by atoms with Crippen LogP contribution < -0.4 is 10.1 Å². The van der Waals surface area contributed by atoms with E-state index >= 15 is 0 Å². The van der Waals surface area contributed by atoms with Gasteiger partial charge in [-0.2, -0.15) is 0 Å². The molecule has 2 nitrogen and oxygen atoms in total. The molecule has 1 heterocycles. The number of hydrogen-bond donors (Lipinski definition) is 1. The molecule has 104 valence electrons. The van der Waals surface area contributed by atoms with E-state index in [9.17, 15) is 0 Å². The van der Waals surface area contributed by atoms with E-state index in [-0.39, 0.29) is 0 Å². The van der Waals surface area contributed by atoms with Crippen LogP contribution in [0.2, 0.25) is 0 Å². The van der Waals surface area contributed by atoms with E-state index in [2.05, 4.69) is 43.4 Å². The van der Waals surface area contributed by atoms with Gasteiger partial charge < -0.3 is 10.1 Å². The zero-order valence-corrected chi connectivity index (χ0v) is 12.1. The van der Waals surface area contributed by atoms with Crippen molar-refractivity contribution in [2.24, 2.45) is 11.8 Å². The van der Waals surface area contributed by atoms with E-state index in [1.54, 1.807) is 0 Å². The first-order valence-electron chi connectivity index (χ1n) is 7.76. The summed E-state index contributed by atoms with van der Waals surface area (Å²) >= 11 is 0. The fraction of sp³-hybridized carbons (Fsp3) is 0.647. The van der Waals surface area contributed by atoms with E-state index in [0.29, 0.717) is 12.1 Å². The van der Waals surface area contributed by atoms with Gasteiger partial charge in [0.15, 0.2) is 0 Å². The predicted molar refractivity (Wildman–Crippen MR) is 78.5 cm³/mol. The topological polar surface area (TPSA) is 21.3 Å². The van der Waals surface area contributed by atoms with Crippen molar-refractivity contribution in [1.29, 1.82) is 0 Å². The molecule has 0 radical (unpaired) electrons. The summed E-state index contributed by atoms with van der Waals surface area (Å²) in [4.78, 5) is 0. The van der Waals surface area contributed by atoms with Crippen molar-refractivity contribution in [1.82, 2.24) is 5.32 Å². The van der Waals surface area contributed by atoms with Gasteiger partial charge in [-0.25, -0.2) is 0 Å². The monoisotopic (exact) mass is 259 g/mol. The molecule has 0 aromatic heterocycles. The molecule has 1 saturated carbocycles. The van der Waals surface area contributed by atoms with Gasteiger partial charge in [-0.05, 0) is 36.3 Å². The largest absolute Gasteiger partial charge is 0.488 e. The molecule has 1 aromatic rings. The fourth-order valence-electron chi connectivity index (χ4n) is 3.76. The molecule has 1 aromatic carbocycles. The molecule has 1 N–H and O–H groups in total. The highest BCUT2D eigenvalue weighted by molar-refractivity contribution is 5.37. The third-order valence-corrected chi connectivity index (χ3v) is 5.07. The summed E-state index contributed by atoms with van der Waals surface area (Å²) in [6.07, 6.45) is 5.43. The summed E-state index contributed by atoms with van der Waals surface area (Å²) < 4.78 is 5.99. The van der Waals surface area contributed by atoms with Crippen LogP contribution in [0.25, 0.3) is 0 Å². The first-order valence-corrected chi connectivity index (χ1v) is 7.76. The summed E-state index contributed by atoms with van der Waals surface area (Å²) in [5, 5.41) is 3.75. The van der Waals surface area contributed by atoms with E-state index in [4.69, 9.17) is 4.74 Å². The van der Waals surface area contributed by atoms with Crippen molar-refractivity contribution < 1.29 is 4.74 Å². The van der Waals surface area contributed by atoms with Crippen molar-refractivity contribution in [3.63, 3.8) is 0 Å². The maximum atomic E-state index is 5.99. The first-order chi connectivity index (χ1) is 9.28. The molecule has 0 spiro atoms. The molecule has 3 rings (SSSR count). The Morgan fingerprint density at radius 3 is 2.84 bits per heavy atom. The summed E-state index contributed by atoms with van der Waals surface area (Å²) in [6, 6.07) is 9.11. The van der Waals surface area contributed by atoms with Crippen molar-refractivity contribution in [3.8, 4) is 5.75 Å². The molecule has 1 fully saturated rings. The minimum Gasteiger partial charge on any atom is -0.488 e. The highest BCUT2D eigenvalue weighted by Crippen LogP contribution is 2.34. The third-order valence-electron chi connectivity index (χ3n) is 5.07. The summed E-state index contributed by atoms with van der Waals surface area (Å²) in [5.74, 6) is 2.81. The molecule has 0 bridgehead atoms. The lowest BCUT2D eigenvalue weighted by Gasteiger charge is -2.22. The SMILES string of the molecule is CCC1CCC(NCC2Cc3ccccc3O2)C1C. The maximum Gasteiger partial charge on any atom is 0.123 e. The van der Waals surface area contributed by atoms with Crippen molar-refractivity contribution >= 4 is 0 Å². The Bertz CT molecular complexity index is 406. The predicted octanol–water partition coefficient (Wildman–Crippen LogP) is 3.40. The lowest BCUT2D eigenvalue weighted by atomic mass is 9.93. The molecule has 1 aliphatic heterocycles. The van der Waals surface area contributed by atoms with E-state index in [1.165, 1.54) is 24.8 Å². The molecule has 4 atom stereocenters. The second-order valence-electron chi connectivity index (χ2n) is 6.17. The van der Waals surface area contributed by atoms with Crippen LogP contribution in [-0.2, 0) is 6.42 Å². The molecule has 4 unspecified atom stereocenters. The minimum absolute atomic E-state index is 0.324. The number of nitrogens with one attached hydrogen (secondary N) is 1. The first kappa shape index (κ1) is 13.0. The number of para-hydroxylation sites is 1. The van der Waals surface area contributed by atoms with Gasteiger partial charge in [-0.1, -0.05) is 38.5 Å². The Kier molecular flexibility index (Phi) is 3.79. The second kappa shape index (κ2) is 5.54. The van der Waals surface area contributed by atoms with E-state index in [1.807, 2.05) is 0 Å². The van der Waals surface area contributed by atoms with Crippen molar-refractivity contribution in [2.45, 2.75) is 51.7 Å². The summed E-state index contributed by atoms with van der Waals surface area (Å²) in [6.45, 7) is 5.71. The zero-order valence-electron chi connectivity index (χ0n) is 12.1. The summed E-state index contributed by atoms with van der Waals surface area (Å²) in [7, 11) is 0. The molecular weight excluding hydrogens is 234 g/mol. The van der Waals surface area contributed by atoms with Gasteiger partial charge in [-0.15, -0.1) is 0 Å². The minimum atomic E-state index is 0.324. The Hall–Kier alpha value is -1.02. The number of fused-ring (bicyclic) bond motifs is 1. The van der Waals surface area contributed by atoms with E-state index < -0.39 is 0 Å². The smallest absolute Gasteiger partial charge is 0.123 e. The summed E-state index contributed by atoms with van der Waals surface area (Å²) in [5.41, 5.74) is 1.36. The maximum absolute atomic E-state index is 5.99. The highest BCUT2D eigenvalue weighted by Gasteiger charge is 2.32. The molecule has 19 heavy (non-hydrogen) atoms. The normalized spacial score (nSPS) is 33.2. The molecule has 0 saturated heterocycles. The van der Waals surface area contributed by atoms with Gasteiger partial charge in [0.05, 0.1) is 0 Å². The van der Waals surface area contributed by atoms with Crippen LogP contribution >= 0.6 is 0 Å². The molecule has 1 aliphatic carbocycles. The Morgan fingerprint density at radius 1 is 1.26 bits per heavy atom. The van der Waals surface area contributed by atoms with Crippen molar-refractivity contribution in [3.05, 3.63) is 29.8 Å². The van der Waals surface area contributed by atoms with Crippen LogP contribution in [0.4, 0.5) is 0 Å². The molecule has 2 heteroatoms. The number of hydrogen-bond acceptors (Lipinski definition) is 2. The Balaban J connectivity index is 1.50. The Morgan fingerprint density at radius 2 is 2.11 bits per heavy atom. The zero-order chi connectivity index (χ0) is 13.2. The quantitative estimate of drug-likeness (QED) is 0.894. The number of ether oxygens (including phenoxy) is 1. The molecule has 2 aliphatic rings. The van der Waals surface area contributed by atoms with Gasteiger partial charge >= 0.3 is 0 Å². The number of benzene rings is 1. The van der Waals surface area contributed by atoms with Crippen molar-refractivity contribution in [2.75, 3.05) is 6.54 Å². The molecule has 0 amide bonds. The van der Waals surface area contributed by atoms with Crippen LogP contribution in [0, 0.1) is 11.8 Å². The van der Waals surface area contributed by atoms with Gasteiger partial charge in [0.25, 0.3) is 0 Å². The van der Waals surface area contributed by atoms with Gasteiger partial charge in [0, 0.05) is 19.0 Å². The van der Waals surface area contributed by atoms with E-state index in [0.717, 1.165) is 30.6 Å². The van der Waals surface area contributed by atoms with Crippen LogP contribution in [0.1, 0.15) is 38.7 Å². The lowest BCUT2D eigenvalue weighted by molar-refractivity contribution is 0.213. The fourth-order valence-corrected chi connectivity index (χ4v) is 3.76. The van der Waals surface area contributed by atoms with Gasteiger partial charge in [-0.3, -0.25) is 0 Å². The molecular formula is C17H25NO. The van der Waals surface area contributed by atoms with Crippen LogP contribution in [0.3, 0.4) is 0 Å².